The van der Waals surface area contributed by atoms with Gasteiger partial charge in [0, 0.05) is 31.9 Å². The van der Waals surface area contributed by atoms with Crippen LogP contribution in [0.5, 0.6) is 0 Å². The van der Waals surface area contributed by atoms with Gasteiger partial charge in [-0.25, -0.2) is 0 Å². The van der Waals surface area contributed by atoms with Crippen molar-refractivity contribution in [3.05, 3.63) is 17.7 Å². The number of aryl methyl sites for hydroxylation is 1. The van der Waals surface area contributed by atoms with Crippen molar-refractivity contribution in [2.24, 2.45) is 0 Å². The predicted molar refractivity (Wildman–Crippen MR) is 79.3 cm³/mol. The van der Waals surface area contributed by atoms with E-state index in [1.165, 1.54) is 0 Å². The zero-order valence-electron chi connectivity index (χ0n) is 11.6. The molecule has 1 aromatic carbocycles. The van der Waals surface area contributed by atoms with Crippen LogP contribution < -0.4 is 16.4 Å². The van der Waals surface area contributed by atoms with Crippen molar-refractivity contribution in [3.63, 3.8) is 0 Å². The number of aldehydes is 1. The Morgan fingerprint density at radius 3 is 2.37 bits per heavy atom. The van der Waals surface area contributed by atoms with E-state index in [-0.39, 0.29) is 6.04 Å². The van der Waals surface area contributed by atoms with Gasteiger partial charge in [0.05, 0.1) is 17.4 Å². The van der Waals surface area contributed by atoms with E-state index in [0.717, 1.165) is 43.7 Å². The lowest BCUT2D eigenvalue weighted by Crippen LogP contribution is -2.50. The molecule has 1 unspecified atom stereocenters. The normalized spacial score (nSPS) is 18.3. The number of nitrogens with two attached hydrogens (primary N) is 2. The lowest BCUT2D eigenvalue weighted by molar-refractivity contribution is -0.112. The van der Waals surface area contributed by atoms with Gasteiger partial charge in [-0.05, 0) is 31.5 Å². The Labute approximate surface area is 114 Å². The lowest BCUT2D eigenvalue weighted by atomic mass is 10.1. The Morgan fingerprint density at radius 1 is 1.21 bits per heavy atom. The van der Waals surface area contributed by atoms with Gasteiger partial charge < -0.3 is 21.2 Å². The summed E-state index contributed by atoms with van der Waals surface area (Å²) in [6.45, 7) is 7.50. The molecule has 2 rings (SSSR count). The van der Waals surface area contributed by atoms with Gasteiger partial charge in [-0.2, -0.15) is 0 Å². The summed E-state index contributed by atoms with van der Waals surface area (Å²) in [7, 11) is 0. The predicted octanol–water partition coefficient (Wildman–Crippen LogP) is 0.869. The second kappa shape index (κ2) is 5.48. The van der Waals surface area contributed by atoms with Crippen molar-refractivity contribution in [2.75, 3.05) is 42.5 Å². The Kier molecular flexibility index (Phi) is 3.95. The maximum atomic E-state index is 10.8. The molecule has 19 heavy (non-hydrogen) atoms. The van der Waals surface area contributed by atoms with E-state index in [9.17, 15) is 4.79 Å². The zero-order valence-corrected chi connectivity index (χ0v) is 11.6. The number of piperazine rings is 1. The topological polar surface area (TPSA) is 75.6 Å². The van der Waals surface area contributed by atoms with Crippen LogP contribution in [0.3, 0.4) is 0 Å². The Morgan fingerprint density at radius 2 is 1.84 bits per heavy atom. The first-order valence-electron chi connectivity index (χ1n) is 6.63. The van der Waals surface area contributed by atoms with Crippen molar-refractivity contribution in [2.45, 2.75) is 19.9 Å². The van der Waals surface area contributed by atoms with Gasteiger partial charge in [-0.1, -0.05) is 0 Å². The molecule has 4 N–H and O–H groups in total. The van der Waals surface area contributed by atoms with Crippen LogP contribution in [0, 0.1) is 6.92 Å². The van der Waals surface area contributed by atoms with Gasteiger partial charge in [-0.15, -0.1) is 0 Å². The fourth-order valence-electron chi connectivity index (χ4n) is 2.46. The molecule has 0 spiro atoms. The number of hydrogen-bond acceptors (Lipinski definition) is 5. The van der Waals surface area contributed by atoms with Crippen LogP contribution in [-0.4, -0.2) is 43.4 Å². The average Bonchev–Trinajstić information content (AvgIpc) is 2.43. The maximum absolute atomic E-state index is 10.8. The molecule has 0 aliphatic carbocycles. The Hall–Kier alpha value is -1.75. The summed E-state index contributed by atoms with van der Waals surface area (Å²) in [5.74, 6) is 0. The summed E-state index contributed by atoms with van der Waals surface area (Å²) in [6.07, 6.45) is 1.00. The molecule has 0 radical (unpaired) electrons. The van der Waals surface area contributed by atoms with Crippen molar-refractivity contribution >= 4 is 23.3 Å². The average molecular weight is 262 g/mol. The second-order valence-electron chi connectivity index (χ2n) is 5.17. The van der Waals surface area contributed by atoms with Crippen LogP contribution in [0.25, 0.3) is 0 Å². The second-order valence-corrected chi connectivity index (χ2v) is 5.17. The van der Waals surface area contributed by atoms with Gasteiger partial charge in [0.2, 0.25) is 0 Å². The number of rotatable bonds is 3. The Balaban J connectivity index is 2.07. The highest BCUT2D eigenvalue weighted by Crippen LogP contribution is 2.27. The van der Waals surface area contributed by atoms with Gasteiger partial charge in [0.15, 0.2) is 0 Å². The molecule has 0 aromatic heterocycles. The third-order valence-electron chi connectivity index (χ3n) is 3.86. The van der Waals surface area contributed by atoms with Crippen LogP contribution in [0.2, 0.25) is 0 Å². The summed E-state index contributed by atoms with van der Waals surface area (Å²) in [5.41, 5.74) is 15.2. The number of nitrogens with zero attached hydrogens (tertiary/aromatic N) is 2. The standard InChI is InChI=1S/C14H22N4O/c1-10-7-12(8-13(15)14(10)16)18-5-3-17(4-6-18)11(2)9-19/h7-9,11H,3-6,15-16H2,1-2H3. The highest BCUT2D eigenvalue weighted by Gasteiger charge is 2.21. The van der Waals surface area contributed by atoms with E-state index in [2.05, 4.69) is 15.9 Å². The van der Waals surface area contributed by atoms with E-state index in [1.54, 1.807) is 0 Å². The van der Waals surface area contributed by atoms with E-state index < -0.39 is 0 Å². The summed E-state index contributed by atoms with van der Waals surface area (Å²) in [5, 5.41) is 0. The van der Waals surface area contributed by atoms with E-state index in [0.29, 0.717) is 11.4 Å². The van der Waals surface area contributed by atoms with Gasteiger partial charge in [0.25, 0.3) is 0 Å². The molecule has 1 atom stereocenters. The largest absolute Gasteiger partial charge is 0.397 e. The molecular weight excluding hydrogens is 240 g/mol. The molecule has 104 valence electrons. The minimum absolute atomic E-state index is 0.000346. The van der Waals surface area contributed by atoms with Gasteiger partial charge in [0.1, 0.15) is 6.29 Å². The molecule has 1 heterocycles. The van der Waals surface area contributed by atoms with E-state index >= 15 is 0 Å². The number of carbonyl (C=O) groups excluding carboxylic acids is 1. The highest BCUT2D eigenvalue weighted by atomic mass is 16.1. The summed E-state index contributed by atoms with van der Waals surface area (Å²) >= 11 is 0. The molecule has 1 aromatic rings. The van der Waals surface area contributed by atoms with Crippen molar-refractivity contribution in [1.29, 1.82) is 0 Å². The molecule has 1 aliphatic heterocycles. The molecule has 0 amide bonds. The third-order valence-corrected chi connectivity index (χ3v) is 3.86. The number of hydrogen-bond donors (Lipinski definition) is 2. The minimum Gasteiger partial charge on any atom is -0.397 e. The van der Waals surface area contributed by atoms with Crippen LogP contribution in [0.15, 0.2) is 12.1 Å². The van der Waals surface area contributed by atoms with Crippen molar-refractivity contribution in [1.82, 2.24) is 4.90 Å². The molecule has 1 fully saturated rings. The first kappa shape index (κ1) is 13.7. The summed E-state index contributed by atoms with van der Waals surface area (Å²) < 4.78 is 0. The number of carbonyl (C=O) groups is 1. The Bertz CT molecular complexity index is 444. The van der Waals surface area contributed by atoms with Gasteiger partial charge >= 0.3 is 0 Å². The van der Waals surface area contributed by atoms with Gasteiger partial charge in [-0.3, -0.25) is 4.90 Å². The summed E-state index contributed by atoms with van der Waals surface area (Å²) in [6, 6.07) is 4.01. The first-order valence-corrected chi connectivity index (χ1v) is 6.63. The fraction of sp³-hybridized carbons (Fsp3) is 0.500. The molecule has 1 saturated heterocycles. The van der Waals surface area contributed by atoms with Crippen LogP contribution >= 0.6 is 0 Å². The molecule has 0 saturated carbocycles. The molecule has 1 aliphatic rings. The van der Waals surface area contributed by atoms with E-state index in [1.807, 2.05) is 19.9 Å². The zero-order chi connectivity index (χ0) is 14.0. The smallest absolute Gasteiger partial charge is 0.136 e. The molecule has 5 nitrogen and oxygen atoms in total. The SMILES string of the molecule is Cc1cc(N2CCN(C(C)C=O)CC2)cc(N)c1N. The van der Waals surface area contributed by atoms with Crippen molar-refractivity contribution < 1.29 is 4.79 Å². The number of benzene rings is 1. The van der Waals surface area contributed by atoms with Crippen LogP contribution in [0.4, 0.5) is 17.1 Å². The lowest BCUT2D eigenvalue weighted by Gasteiger charge is -2.37. The highest BCUT2D eigenvalue weighted by molar-refractivity contribution is 5.73. The minimum atomic E-state index is 0.000346. The number of anilines is 3. The van der Waals surface area contributed by atoms with Crippen LogP contribution in [-0.2, 0) is 4.79 Å². The fourth-order valence-corrected chi connectivity index (χ4v) is 2.46. The molecule has 0 bridgehead atoms. The third kappa shape index (κ3) is 2.81. The summed E-state index contributed by atoms with van der Waals surface area (Å²) in [4.78, 5) is 15.3. The number of nitrogen functional groups attached to an aromatic ring is 2. The quantitative estimate of drug-likeness (QED) is 0.624. The molecule has 5 heteroatoms. The first-order chi connectivity index (χ1) is 9.02. The molecular formula is C14H22N4O. The van der Waals surface area contributed by atoms with Crippen LogP contribution in [0.1, 0.15) is 12.5 Å². The van der Waals surface area contributed by atoms with E-state index in [4.69, 9.17) is 11.5 Å². The van der Waals surface area contributed by atoms with Crippen molar-refractivity contribution in [3.8, 4) is 0 Å². The monoisotopic (exact) mass is 262 g/mol. The maximum Gasteiger partial charge on any atom is 0.136 e.